The van der Waals surface area contributed by atoms with Crippen molar-refractivity contribution in [1.29, 1.82) is 0 Å². The predicted octanol–water partition coefficient (Wildman–Crippen LogP) is 3.22. The summed E-state index contributed by atoms with van der Waals surface area (Å²) in [6.45, 7) is 7.98. The Morgan fingerprint density at radius 3 is 2.60 bits per heavy atom. The average Bonchev–Trinajstić information content (AvgIpc) is 2.54. The summed E-state index contributed by atoms with van der Waals surface area (Å²) in [5, 5.41) is 0. The fourth-order valence-electron chi connectivity index (χ4n) is 3.44. The van der Waals surface area contributed by atoms with Gasteiger partial charge in [0.05, 0.1) is 11.9 Å². The van der Waals surface area contributed by atoms with Gasteiger partial charge in [0.25, 0.3) is 0 Å². The maximum absolute atomic E-state index is 12.5. The molecule has 1 fully saturated rings. The molecule has 0 saturated carbocycles. The quantitative estimate of drug-likeness (QED) is 0.777. The van der Waals surface area contributed by atoms with Gasteiger partial charge in [-0.25, -0.2) is 8.42 Å². The van der Waals surface area contributed by atoms with Crippen LogP contribution >= 0.6 is 0 Å². The molecule has 140 valence electrons. The van der Waals surface area contributed by atoms with Gasteiger partial charge < -0.3 is 4.90 Å². The highest BCUT2D eigenvalue weighted by molar-refractivity contribution is 7.92. The Labute approximate surface area is 152 Å². The summed E-state index contributed by atoms with van der Waals surface area (Å²) in [6.07, 6.45) is 3.60. The normalized spacial score (nSPS) is 18.4. The molecule has 1 aromatic carbocycles. The van der Waals surface area contributed by atoms with Gasteiger partial charge in [-0.15, -0.1) is 0 Å². The number of benzene rings is 1. The van der Waals surface area contributed by atoms with Crippen molar-refractivity contribution in [1.82, 2.24) is 4.90 Å². The first-order valence-corrected chi connectivity index (χ1v) is 10.9. The summed E-state index contributed by atoms with van der Waals surface area (Å²) in [4.78, 5) is 14.4. The largest absolute Gasteiger partial charge is 0.342 e. The minimum Gasteiger partial charge on any atom is -0.342 e. The number of amides is 1. The fourth-order valence-corrected chi connectivity index (χ4v) is 4.39. The minimum atomic E-state index is -3.45. The van der Waals surface area contributed by atoms with E-state index in [-0.39, 0.29) is 24.8 Å². The molecule has 0 aliphatic carbocycles. The van der Waals surface area contributed by atoms with E-state index in [4.69, 9.17) is 0 Å². The molecule has 1 amide bonds. The molecule has 2 rings (SSSR count). The Kier molecular flexibility index (Phi) is 6.49. The summed E-state index contributed by atoms with van der Waals surface area (Å²) >= 11 is 0. The van der Waals surface area contributed by atoms with Crippen molar-refractivity contribution in [2.24, 2.45) is 5.92 Å². The Morgan fingerprint density at radius 2 is 2.00 bits per heavy atom. The molecule has 1 aliphatic heterocycles. The molecule has 1 saturated heterocycles. The standard InChI is InChI=1S/C19H30N2O3S/c1-15(2)17-9-5-6-10-18(17)21(25(4,23)24)13-11-19(22)20-12-7-8-16(3)14-20/h5-6,9-10,15-16H,7-8,11-14H2,1-4H3. The van der Waals surface area contributed by atoms with E-state index in [1.165, 1.54) is 10.6 Å². The van der Waals surface area contributed by atoms with Gasteiger partial charge in [-0.05, 0) is 36.3 Å². The van der Waals surface area contributed by atoms with Crippen LogP contribution in [0, 0.1) is 5.92 Å². The first kappa shape index (κ1) is 19.8. The highest BCUT2D eigenvalue weighted by atomic mass is 32.2. The van der Waals surface area contributed by atoms with Crippen molar-refractivity contribution in [2.45, 2.75) is 46.0 Å². The number of rotatable bonds is 6. The van der Waals surface area contributed by atoms with E-state index in [2.05, 4.69) is 6.92 Å². The molecule has 6 heteroatoms. The molecule has 0 N–H and O–H groups in total. The molecule has 1 unspecified atom stereocenters. The van der Waals surface area contributed by atoms with Gasteiger partial charge in [0, 0.05) is 26.1 Å². The molecule has 0 aromatic heterocycles. The summed E-state index contributed by atoms with van der Waals surface area (Å²) < 4.78 is 26.1. The molecule has 0 spiro atoms. The van der Waals surface area contributed by atoms with Crippen LogP contribution in [0.1, 0.15) is 51.5 Å². The number of piperidine rings is 1. The van der Waals surface area contributed by atoms with Crippen LogP contribution in [0.15, 0.2) is 24.3 Å². The van der Waals surface area contributed by atoms with Crippen LogP contribution in [0.5, 0.6) is 0 Å². The molecule has 1 aliphatic rings. The van der Waals surface area contributed by atoms with Crippen molar-refractivity contribution in [3.63, 3.8) is 0 Å². The molecular weight excluding hydrogens is 336 g/mol. The minimum absolute atomic E-state index is 0.0437. The van der Waals surface area contributed by atoms with Crippen LogP contribution < -0.4 is 4.31 Å². The second-order valence-corrected chi connectivity index (χ2v) is 9.29. The highest BCUT2D eigenvalue weighted by Crippen LogP contribution is 2.29. The maximum Gasteiger partial charge on any atom is 0.232 e. The zero-order valence-corrected chi connectivity index (χ0v) is 16.6. The molecule has 1 atom stereocenters. The van der Waals surface area contributed by atoms with Gasteiger partial charge in [-0.2, -0.15) is 0 Å². The van der Waals surface area contributed by atoms with E-state index in [0.29, 0.717) is 11.6 Å². The molecule has 1 heterocycles. The topological polar surface area (TPSA) is 57.7 Å². The Balaban J connectivity index is 2.16. The van der Waals surface area contributed by atoms with Gasteiger partial charge in [0.15, 0.2) is 0 Å². The number of sulfonamides is 1. The lowest BCUT2D eigenvalue weighted by Crippen LogP contribution is -2.41. The first-order chi connectivity index (χ1) is 11.7. The van der Waals surface area contributed by atoms with Crippen molar-refractivity contribution in [3.8, 4) is 0 Å². The number of carbonyl (C=O) groups is 1. The summed E-state index contributed by atoms with van der Waals surface area (Å²) in [5.74, 6) is 0.770. The summed E-state index contributed by atoms with van der Waals surface area (Å²) in [5.41, 5.74) is 1.66. The van der Waals surface area contributed by atoms with E-state index in [1.807, 2.05) is 43.0 Å². The van der Waals surface area contributed by atoms with Gasteiger partial charge in [0.2, 0.25) is 15.9 Å². The number of nitrogens with zero attached hydrogens (tertiary/aromatic N) is 2. The second kappa shape index (κ2) is 8.21. The van der Waals surface area contributed by atoms with Crippen LogP contribution in [-0.2, 0) is 14.8 Å². The monoisotopic (exact) mass is 366 g/mol. The van der Waals surface area contributed by atoms with Crippen molar-refractivity contribution >= 4 is 21.6 Å². The lowest BCUT2D eigenvalue weighted by molar-refractivity contribution is -0.132. The third-order valence-corrected chi connectivity index (χ3v) is 5.95. The highest BCUT2D eigenvalue weighted by Gasteiger charge is 2.25. The molecular formula is C19H30N2O3S. The molecule has 25 heavy (non-hydrogen) atoms. The van der Waals surface area contributed by atoms with E-state index in [1.54, 1.807) is 0 Å². The number of carbonyl (C=O) groups excluding carboxylic acids is 1. The van der Waals surface area contributed by atoms with Crippen LogP contribution in [0.2, 0.25) is 0 Å². The lowest BCUT2D eigenvalue weighted by Gasteiger charge is -2.32. The SMILES string of the molecule is CC1CCCN(C(=O)CCN(c2ccccc2C(C)C)S(C)(=O)=O)C1. The van der Waals surface area contributed by atoms with Gasteiger partial charge in [0.1, 0.15) is 0 Å². The summed E-state index contributed by atoms with van der Waals surface area (Å²) in [7, 11) is -3.45. The lowest BCUT2D eigenvalue weighted by atomic mass is 10.00. The van der Waals surface area contributed by atoms with E-state index in [9.17, 15) is 13.2 Å². The Morgan fingerprint density at radius 1 is 1.32 bits per heavy atom. The van der Waals surface area contributed by atoms with Gasteiger partial charge in [-0.3, -0.25) is 9.10 Å². The third kappa shape index (κ3) is 5.21. The maximum atomic E-state index is 12.5. The van der Waals surface area contributed by atoms with Crippen LogP contribution in [-0.4, -0.2) is 45.1 Å². The number of anilines is 1. The smallest absolute Gasteiger partial charge is 0.232 e. The van der Waals surface area contributed by atoms with Crippen molar-refractivity contribution < 1.29 is 13.2 Å². The van der Waals surface area contributed by atoms with Gasteiger partial charge >= 0.3 is 0 Å². The second-order valence-electron chi connectivity index (χ2n) is 7.39. The number of hydrogen-bond donors (Lipinski definition) is 0. The van der Waals surface area contributed by atoms with Crippen LogP contribution in [0.25, 0.3) is 0 Å². The van der Waals surface area contributed by atoms with Gasteiger partial charge in [-0.1, -0.05) is 39.0 Å². The van der Waals surface area contributed by atoms with E-state index < -0.39 is 10.0 Å². The zero-order chi connectivity index (χ0) is 18.6. The number of likely N-dealkylation sites (tertiary alicyclic amines) is 1. The first-order valence-electron chi connectivity index (χ1n) is 9.04. The molecule has 0 bridgehead atoms. The van der Waals surface area contributed by atoms with E-state index >= 15 is 0 Å². The zero-order valence-electron chi connectivity index (χ0n) is 15.7. The van der Waals surface area contributed by atoms with Crippen LogP contribution in [0.3, 0.4) is 0 Å². The molecule has 0 radical (unpaired) electrons. The Hall–Kier alpha value is -1.56. The third-order valence-electron chi connectivity index (χ3n) is 4.77. The predicted molar refractivity (Wildman–Crippen MR) is 102 cm³/mol. The number of para-hydroxylation sites is 1. The molecule has 5 nitrogen and oxygen atoms in total. The number of hydrogen-bond acceptors (Lipinski definition) is 3. The summed E-state index contributed by atoms with van der Waals surface area (Å²) in [6, 6.07) is 7.53. The van der Waals surface area contributed by atoms with Crippen molar-refractivity contribution in [2.75, 3.05) is 30.2 Å². The Bertz CT molecular complexity index is 700. The molecule has 1 aromatic rings. The van der Waals surface area contributed by atoms with E-state index in [0.717, 1.165) is 31.5 Å². The van der Waals surface area contributed by atoms with Crippen LogP contribution in [0.4, 0.5) is 5.69 Å². The van der Waals surface area contributed by atoms with Crippen molar-refractivity contribution in [3.05, 3.63) is 29.8 Å². The fraction of sp³-hybridized carbons (Fsp3) is 0.632. The average molecular weight is 367 g/mol.